The largest absolute Gasteiger partial charge is 0.417 e. The Bertz CT molecular complexity index is 991. The van der Waals surface area contributed by atoms with E-state index in [-0.39, 0.29) is 10.3 Å². The number of benzene rings is 1. The number of nitrogens with two attached hydrogens (primary N) is 1. The Morgan fingerprint density at radius 1 is 1.00 bits per heavy atom. The summed E-state index contributed by atoms with van der Waals surface area (Å²) in [5.74, 6) is 0. The van der Waals surface area contributed by atoms with Crippen LogP contribution in [-0.2, 0) is 16.2 Å². The number of rotatable bonds is 3. The van der Waals surface area contributed by atoms with E-state index in [4.69, 9.17) is 5.14 Å². The average Bonchev–Trinajstić information content (AvgIpc) is 2.89. The lowest BCUT2D eigenvalue weighted by molar-refractivity contribution is -0.137. The van der Waals surface area contributed by atoms with Crippen molar-refractivity contribution in [3.8, 4) is 0 Å². The lowest BCUT2D eigenvalue weighted by atomic mass is 9.88. The zero-order chi connectivity index (χ0) is 20.0. The van der Waals surface area contributed by atoms with Crippen molar-refractivity contribution in [1.82, 2.24) is 4.98 Å². The van der Waals surface area contributed by atoms with E-state index in [0.717, 1.165) is 29.0 Å². The Balaban J connectivity index is 2.04. The van der Waals surface area contributed by atoms with Crippen LogP contribution >= 0.6 is 0 Å². The molecule has 144 valence electrons. The topological polar surface area (TPSA) is 73.1 Å². The van der Waals surface area contributed by atoms with Gasteiger partial charge in [-0.15, -0.1) is 0 Å². The summed E-state index contributed by atoms with van der Waals surface area (Å²) in [6, 6.07) is 8.61. The van der Waals surface area contributed by atoms with Gasteiger partial charge in [-0.1, -0.05) is 26.0 Å². The molecular formula is C19H19F3N2O2S. The number of hydrogen-bond acceptors (Lipinski definition) is 3. The van der Waals surface area contributed by atoms with Crippen LogP contribution in [0.25, 0.3) is 11.1 Å². The minimum absolute atomic E-state index is 0.0123. The smallest absolute Gasteiger partial charge is 0.256 e. The highest BCUT2D eigenvalue weighted by molar-refractivity contribution is 7.89. The monoisotopic (exact) mass is 396 g/mol. The Morgan fingerprint density at radius 3 is 2.07 bits per heavy atom. The number of pyridine rings is 1. The van der Waals surface area contributed by atoms with Crippen molar-refractivity contribution in [1.29, 1.82) is 0 Å². The predicted octanol–water partition coefficient (Wildman–Crippen LogP) is 4.48. The first-order chi connectivity index (χ1) is 12.4. The molecule has 1 aromatic carbocycles. The van der Waals surface area contributed by atoms with Crippen LogP contribution in [0.2, 0.25) is 0 Å². The summed E-state index contributed by atoms with van der Waals surface area (Å²) in [5, 5.41) is 5.13. The van der Waals surface area contributed by atoms with Crippen molar-refractivity contribution >= 4 is 21.2 Å². The Hall–Kier alpha value is -2.19. The fourth-order valence-electron chi connectivity index (χ4n) is 3.34. The molecule has 0 unspecified atom stereocenters. The maximum absolute atomic E-state index is 12.8. The summed E-state index contributed by atoms with van der Waals surface area (Å²) >= 11 is 0. The lowest BCUT2D eigenvalue weighted by Crippen LogP contribution is -2.11. The van der Waals surface area contributed by atoms with Crippen molar-refractivity contribution in [2.24, 2.45) is 10.6 Å². The fraction of sp³-hybridized carbons (Fsp3) is 0.316. The molecule has 0 spiro atoms. The van der Waals surface area contributed by atoms with Crippen LogP contribution in [0, 0.1) is 5.41 Å². The minimum atomic E-state index is -4.43. The zero-order valence-corrected chi connectivity index (χ0v) is 15.7. The highest BCUT2D eigenvalue weighted by Gasteiger charge is 2.34. The second-order valence-electron chi connectivity index (χ2n) is 7.47. The van der Waals surface area contributed by atoms with E-state index in [1.165, 1.54) is 18.2 Å². The van der Waals surface area contributed by atoms with Crippen molar-refractivity contribution in [3.63, 3.8) is 0 Å². The lowest BCUT2D eigenvalue weighted by Gasteiger charge is -2.17. The third-order valence-electron chi connectivity index (χ3n) is 4.61. The number of aromatic nitrogens is 1. The number of halogens is 3. The number of alkyl halides is 3. The minimum Gasteiger partial charge on any atom is -0.256 e. The van der Waals surface area contributed by atoms with Gasteiger partial charge in [-0.25, -0.2) is 13.6 Å². The molecule has 0 atom stereocenters. The number of sulfonamides is 1. The van der Waals surface area contributed by atoms with E-state index < -0.39 is 21.8 Å². The normalized spacial score (nSPS) is 17.4. The first kappa shape index (κ1) is 19.6. The van der Waals surface area contributed by atoms with E-state index in [0.29, 0.717) is 18.5 Å². The molecule has 1 aliphatic rings. The van der Waals surface area contributed by atoms with Gasteiger partial charge in [-0.3, -0.25) is 4.98 Å². The first-order valence-electron chi connectivity index (χ1n) is 8.26. The molecule has 1 heterocycles. The molecule has 1 aliphatic carbocycles. The van der Waals surface area contributed by atoms with E-state index in [1.54, 1.807) is 12.1 Å². The third-order valence-corrected chi connectivity index (χ3v) is 5.54. The van der Waals surface area contributed by atoms with Gasteiger partial charge in [0.2, 0.25) is 10.0 Å². The van der Waals surface area contributed by atoms with E-state index in [1.807, 2.05) is 0 Å². The number of hydrogen-bond donors (Lipinski definition) is 1. The predicted molar refractivity (Wildman–Crippen MR) is 96.9 cm³/mol. The summed E-state index contributed by atoms with van der Waals surface area (Å²) in [5.41, 5.74) is 2.27. The van der Waals surface area contributed by atoms with Crippen LogP contribution in [-0.4, -0.2) is 13.4 Å². The van der Waals surface area contributed by atoms with Gasteiger partial charge in [0.25, 0.3) is 0 Å². The molecule has 0 saturated heterocycles. The van der Waals surface area contributed by atoms with Crippen LogP contribution in [0.5, 0.6) is 0 Å². The molecule has 0 amide bonds. The first-order valence-corrected chi connectivity index (χ1v) is 9.80. The fourth-order valence-corrected chi connectivity index (χ4v) is 3.86. The Morgan fingerprint density at radius 2 is 1.59 bits per heavy atom. The van der Waals surface area contributed by atoms with Crippen molar-refractivity contribution in [3.05, 3.63) is 59.4 Å². The molecular weight excluding hydrogens is 377 g/mol. The molecule has 1 aromatic heterocycles. The third kappa shape index (κ3) is 4.22. The van der Waals surface area contributed by atoms with Gasteiger partial charge < -0.3 is 0 Å². The summed E-state index contributed by atoms with van der Waals surface area (Å²) in [6.07, 6.45) is -2.21. The molecule has 0 saturated carbocycles. The summed E-state index contributed by atoms with van der Waals surface area (Å²) in [6.45, 7) is 4.14. The van der Waals surface area contributed by atoms with Crippen molar-refractivity contribution in [2.75, 3.05) is 0 Å². The summed E-state index contributed by atoms with van der Waals surface area (Å²) in [4.78, 5) is 4.04. The Kier molecular flexibility index (Phi) is 4.68. The van der Waals surface area contributed by atoms with Gasteiger partial charge in [0.15, 0.2) is 0 Å². The summed E-state index contributed by atoms with van der Waals surface area (Å²) < 4.78 is 61.2. The number of primary sulfonamides is 1. The van der Waals surface area contributed by atoms with Crippen LogP contribution < -0.4 is 5.14 Å². The molecule has 8 heteroatoms. The van der Waals surface area contributed by atoms with Crippen LogP contribution in [0.1, 0.15) is 43.5 Å². The maximum atomic E-state index is 12.8. The van der Waals surface area contributed by atoms with Gasteiger partial charge in [0, 0.05) is 6.20 Å². The van der Waals surface area contributed by atoms with Crippen molar-refractivity contribution < 1.29 is 21.6 Å². The molecule has 3 rings (SSSR count). The van der Waals surface area contributed by atoms with Gasteiger partial charge in [-0.2, -0.15) is 13.2 Å². The van der Waals surface area contributed by atoms with E-state index in [2.05, 4.69) is 18.8 Å². The van der Waals surface area contributed by atoms with Gasteiger partial charge >= 0.3 is 6.18 Å². The summed E-state index contributed by atoms with van der Waals surface area (Å²) in [7, 11) is -3.79. The van der Waals surface area contributed by atoms with Gasteiger partial charge in [0.1, 0.15) is 0 Å². The highest BCUT2D eigenvalue weighted by atomic mass is 32.2. The van der Waals surface area contributed by atoms with E-state index >= 15 is 0 Å². The van der Waals surface area contributed by atoms with Gasteiger partial charge in [0.05, 0.1) is 16.2 Å². The second kappa shape index (κ2) is 6.45. The molecule has 27 heavy (non-hydrogen) atoms. The van der Waals surface area contributed by atoms with E-state index in [9.17, 15) is 21.6 Å². The van der Waals surface area contributed by atoms with Crippen LogP contribution in [0.3, 0.4) is 0 Å². The standard InChI is InChI=1S/C19H19F3N2O2S/c1-18(2)9-15(12-3-6-14(7-4-12)27(23,25)26)16(10-18)17-8-5-13(11-24-17)19(20,21)22/h3-8,11H,9-10H2,1-2H3,(H2,23,25,26). The molecule has 0 fully saturated rings. The highest BCUT2D eigenvalue weighted by Crippen LogP contribution is 2.49. The molecule has 4 nitrogen and oxygen atoms in total. The SMILES string of the molecule is CC1(C)CC(c2ccc(S(N)(=O)=O)cc2)=C(c2ccc(C(F)(F)F)cn2)C1. The Labute approximate surface area is 156 Å². The quantitative estimate of drug-likeness (QED) is 0.831. The number of nitrogens with zero attached hydrogens (tertiary/aromatic N) is 1. The molecule has 2 aromatic rings. The number of allylic oxidation sites excluding steroid dienone is 2. The maximum Gasteiger partial charge on any atom is 0.417 e. The van der Waals surface area contributed by atoms with Gasteiger partial charge in [-0.05, 0) is 59.2 Å². The molecule has 0 bridgehead atoms. The molecule has 0 radical (unpaired) electrons. The second-order valence-corrected chi connectivity index (χ2v) is 9.04. The average molecular weight is 396 g/mol. The van der Waals surface area contributed by atoms with Crippen LogP contribution in [0.15, 0.2) is 47.5 Å². The molecule has 0 aliphatic heterocycles. The van der Waals surface area contributed by atoms with Crippen molar-refractivity contribution in [2.45, 2.75) is 37.8 Å². The zero-order valence-electron chi connectivity index (χ0n) is 14.8. The van der Waals surface area contributed by atoms with Crippen LogP contribution in [0.4, 0.5) is 13.2 Å². The molecule has 2 N–H and O–H groups in total.